The highest BCUT2D eigenvalue weighted by atomic mass is 16.5. The number of para-hydroxylation sites is 1. The van der Waals surface area contributed by atoms with Crippen LogP contribution < -0.4 is 0 Å². The Hall–Kier alpha value is -2.34. The van der Waals surface area contributed by atoms with Gasteiger partial charge >= 0.3 is 5.97 Å². The lowest BCUT2D eigenvalue weighted by molar-refractivity contribution is -0.154. The second-order valence-corrected chi connectivity index (χ2v) is 4.70. The summed E-state index contributed by atoms with van der Waals surface area (Å²) in [5, 5.41) is 9.94. The Balaban J connectivity index is 1.88. The summed E-state index contributed by atoms with van der Waals surface area (Å²) in [4.78, 5) is 28.1. The number of benzene rings is 1. The molecule has 1 aromatic heterocycles. The normalized spacial score (nSPS) is 19.2. The van der Waals surface area contributed by atoms with Crippen LogP contribution in [0.15, 0.2) is 30.5 Å². The molecule has 20 heavy (non-hydrogen) atoms. The standard InChI is InChI=1S/C14H14N2O4/c17-13(16-6-7-20-11(8-16)14(18)19)10-3-1-2-9-4-5-15-12(9)10/h1-5,11,15H,6-8H2,(H,18,19). The third-order valence-corrected chi connectivity index (χ3v) is 3.45. The highest BCUT2D eigenvalue weighted by Crippen LogP contribution is 2.19. The van der Waals surface area contributed by atoms with Crippen molar-refractivity contribution in [3.05, 3.63) is 36.0 Å². The first-order valence-electron chi connectivity index (χ1n) is 6.36. The van der Waals surface area contributed by atoms with Gasteiger partial charge in [0.25, 0.3) is 5.91 Å². The lowest BCUT2D eigenvalue weighted by Crippen LogP contribution is -2.48. The number of H-pyrrole nitrogens is 1. The highest BCUT2D eigenvalue weighted by Gasteiger charge is 2.30. The zero-order valence-corrected chi connectivity index (χ0v) is 10.7. The van der Waals surface area contributed by atoms with Crippen LogP contribution in [0.1, 0.15) is 10.4 Å². The van der Waals surface area contributed by atoms with Crippen molar-refractivity contribution in [2.45, 2.75) is 6.10 Å². The SMILES string of the molecule is O=C(O)C1CN(C(=O)c2cccc3cc[nH]c23)CCO1. The maximum Gasteiger partial charge on any atom is 0.334 e. The van der Waals surface area contributed by atoms with E-state index in [-0.39, 0.29) is 19.1 Å². The van der Waals surface area contributed by atoms with Crippen molar-refractivity contribution < 1.29 is 19.4 Å². The Labute approximate surface area is 114 Å². The number of ether oxygens (including phenoxy) is 1. The first kappa shape index (κ1) is 12.7. The Morgan fingerprint density at radius 3 is 3.00 bits per heavy atom. The highest BCUT2D eigenvalue weighted by molar-refractivity contribution is 6.05. The lowest BCUT2D eigenvalue weighted by Gasteiger charge is -2.31. The largest absolute Gasteiger partial charge is 0.479 e. The van der Waals surface area contributed by atoms with E-state index in [0.29, 0.717) is 12.1 Å². The Kier molecular flexibility index (Phi) is 3.15. The molecule has 1 aliphatic heterocycles. The predicted octanol–water partition coefficient (Wildman–Crippen LogP) is 1.09. The molecular formula is C14H14N2O4. The lowest BCUT2D eigenvalue weighted by atomic mass is 10.1. The number of hydrogen-bond acceptors (Lipinski definition) is 3. The molecule has 2 heterocycles. The Morgan fingerprint density at radius 2 is 2.20 bits per heavy atom. The fraction of sp³-hybridized carbons (Fsp3) is 0.286. The van der Waals surface area contributed by atoms with Gasteiger partial charge in [0.2, 0.25) is 0 Å². The van der Waals surface area contributed by atoms with Crippen molar-refractivity contribution in [1.29, 1.82) is 0 Å². The van der Waals surface area contributed by atoms with E-state index in [0.717, 1.165) is 10.9 Å². The Morgan fingerprint density at radius 1 is 1.35 bits per heavy atom. The van der Waals surface area contributed by atoms with E-state index in [1.165, 1.54) is 4.90 Å². The van der Waals surface area contributed by atoms with Gasteiger partial charge in [-0.3, -0.25) is 4.79 Å². The van der Waals surface area contributed by atoms with Crippen LogP contribution in [-0.2, 0) is 9.53 Å². The molecule has 104 valence electrons. The van der Waals surface area contributed by atoms with Gasteiger partial charge in [-0.2, -0.15) is 0 Å². The zero-order chi connectivity index (χ0) is 14.1. The van der Waals surface area contributed by atoms with Gasteiger partial charge in [-0.1, -0.05) is 12.1 Å². The topological polar surface area (TPSA) is 82.6 Å². The molecule has 2 N–H and O–H groups in total. The molecule has 6 heteroatoms. The fourth-order valence-corrected chi connectivity index (χ4v) is 2.42. The van der Waals surface area contributed by atoms with E-state index < -0.39 is 12.1 Å². The summed E-state index contributed by atoms with van der Waals surface area (Å²) in [6.45, 7) is 0.717. The third kappa shape index (κ3) is 2.14. The number of carboxylic acids is 1. The summed E-state index contributed by atoms with van der Waals surface area (Å²) in [5.41, 5.74) is 1.33. The predicted molar refractivity (Wildman–Crippen MR) is 71.6 cm³/mol. The van der Waals surface area contributed by atoms with E-state index in [1.54, 1.807) is 12.3 Å². The van der Waals surface area contributed by atoms with Gasteiger partial charge in [-0.15, -0.1) is 0 Å². The fourth-order valence-electron chi connectivity index (χ4n) is 2.42. The molecule has 1 atom stereocenters. The number of carbonyl (C=O) groups is 2. The molecule has 1 fully saturated rings. The van der Waals surface area contributed by atoms with Gasteiger partial charge < -0.3 is 19.7 Å². The second-order valence-electron chi connectivity index (χ2n) is 4.70. The molecule has 0 aliphatic carbocycles. The van der Waals surface area contributed by atoms with Crippen LogP contribution in [0.4, 0.5) is 0 Å². The van der Waals surface area contributed by atoms with E-state index >= 15 is 0 Å². The number of amides is 1. The maximum absolute atomic E-state index is 12.5. The molecule has 0 spiro atoms. The molecular weight excluding hydrogens is 260 g/mol. The smallest absolute Gasteiger partial charge is 0.334 e. The summed E-state index contributed by atoms with van der Waals surface area (Å²) in [5.74, 6) is -1.21. The van der Waals surface area contributed by atoms with Crippen LogP contribution in [0.25, 0.3) is 10.9 Å². The number of aliphatic carboxylic acids is 1. The third-order valence-electron chi connectivity index (χ3n) is 3.45. The molecule has 1 amide bonds. The zero-order valence-electron chi connectivity index (χ0n) is 10.7. The van der Waals surface area contributed by atoms with E-state index in [4.69, 9.17) is 9.84 Å². The van der Waals surface area contributed by atoms with Crippen LogP contribution in [0.3, 0.4) is 0 Å². The summed E-state index contributed by atoms with van der Waals surface area (Å²) in [6, 6.07) is 7.37. The van der Waals surface area contributed by atoms with Gasteiger partial charge in [-0.25, -0.2) is 4.79 Å². The minimum absolute atomic E-state index is 0.0747. The summed E-state index contributed by atoms with van der Waals surface area (Å²) < 4.78 is 5.13. The number of carboxylic acid groups (broad SMARTS) is 1. The number of rotatable bonds is 2. The molecule has 0 radical (unpaired) electrons. The van der Waals surface area contributed by atoms with E-state index in [2.05, 4.69) is 4.98 Å². The van der Waals surface area contributed by atoms with Crippen molar-refractivity contribution in [1.82, 2.24) is 9.88 Å². The van der Waals surface area contributed by atoms with Crippen LogP contribution in [0.2, 0.25) is 0 Å². The molecule has 1 aromatic carbocycles. The monoisotopic (exact) mass is 274 g/mol. The molecule has 1 aliphatic rings. The molecule has 2 aromatic rings. The van der Waals surface area contributed by atoms with Crippen molar-refractivity contribution in [2.24, 2.45) is 0 Å². The summed E-state index contributed by atoms with van der Waals surface area (Å²) in [7, 11) is 0. The number of nitrogens with zero attached hydrogens (tertiary/aromatic N) is 1. The van der Waals surface area contributed by atoms with Gasteiger partial charge in [0.05, 0.1) is 24.2 Å². The average molecular weight is 274 g/mol. The first-order valence-corrected chi connectivity index (χ1v) is 6.36. The molecule has 1 unspecified atom stereocenters. The molecule has 0 bridgehead atoms. The Bertz CT molecular complexity index is 664. The van der Waals surface area contributed by atoms with Crippen molar-refractivity contribution in [2.75, 3.05) is 19.7 Å². The average Bonchev–Trinajstić information content (AvgIpc) is 2.95. The number of aromatic amines is 1. The number of carbonyl (C=O) groups excluding carboxylic acids is 1. The molecule has 3 rings (SSSR count). The molecule has 1 saturated heterocycles. The first-order chi connectivity index (χ1) is 9.66. The molecule has 6 nitrogen and oxygen atoms in total. The van der Waals surface area contributed by atoms with Crippen molar-refractivity contribution in [3.8, 4) is 0 Å². The van der Waals surface area contributed by atoms with E-state index in [1.807, 2.05) is 18.2 Å². The van der Waals surface area contributed by atoms with Crippen molar-refractivity contribution in [3.63, 3.8) is 0 Å². The quantitative estimate of drug-likeness (QED) is 0.859. The second kappa shape index (κ2) is 4.97. The van der Waals surface area contributed by atoms with Crippen LogP contribution >= 0.6 is 0 Å². The number of nitrogens with one attached hydrogen (secondary N) is 1. The summed E-state index contributed by atoms with van der Waals surface area (Å²) >= 11 is 0. The molecule has 0 saturated carbocycles. The number of morpholine rings is 1. The van der Waals surface area contributed by atoms with Gasteiger partial charge in [-0.05, 0) is 12.1 Å². The van der Waals surface area contributed by atoms with Crippen LogP contribution in [-0.4, -0.2) is 52.7 Å². The van der Waals surface area contributed by atoms with Gasteiger partial charge in [0.15, 0.2) is 6.10 Å². The maximum atomic E-state index is 12.5. The number of aromatic nitrogens is 1. The van der Waals surface area contributed by atoms with Gasteiger partial charge in [0, 0.05) is 18.1 Å². The van der Waals surface area contributed by atoms with Gasteiger partial charge in [0.1, 0.15) is 0 Å². The van der Waals surface area contributed by atoms with Crippen molar-refractivity contribution >= 4 is 22.8 Å². The number of fused-ring (bicyclic) bond motifs is 1. The van der Waals surface area contributed by atoms with Crippen LogP contribution in [0.5, 0.6) is 0 Å². The minimum Gasteiger partial charge on any atom is -0.479 e. The minimum atomic E-state index is -1.04. The number of hydrogen-bond donors (Lipinski definition) is 2. The van der Waals surface area contributed by atoms with E-state index in [9.17, 15) is 9.59 Å². The summed E-state index contributed by atoms with van der Waals surface area (Å²) in [6.07, 6.45) is 0.830. The van der Waals surface area contributed by atoms with Crippen LogP contribution in [0, 0.1) is 0 Å².